The Balaban J connectivity index is 0.00000261. The van der Waals surface area contributed by atoms with Gasteiger partial charge in [-0.15, -0.1) is 12.4 Å². The van der Waals surface area contributed by atoms with E-state index in [1.807, 2.05) is 6.92 Å². The Bertz CT molecular complexity index is 715. The van der Waals surface area contributed by atoms with Crippen LogP contribution in [0.25, 0.3) is 0 Å². The van der Waals surface area contributed by atoms with Crippen LogP contribution in [-0.4, -0.2) is 58.0 Å². The lowest BCUT2D eigenvalue weighted by atomic mass is 9.96. The summed E-state index contributed by atoms with van der Waals surface area (Å²) in [5.74, 6) is 1.13. The van der Waals surface area contributed by atoms with Crippen LogP contribution in [0.2, 0.25) is 0 Å². The number of sulfonamides is 1. The van der Waals surface area contributed by atoms with Crippen LogP contribution in [0.4, 0.5) is 0 Å². The summed E-state index contributed by atoms with van der Waals surface area (Å²) in [6.45, 7) is 5.79. The van der Waals surface area contributed by atoms with Crippen molar-refractivity contribution in [1.82, 2.24) is 14.9 Å². The Kier molecular flexibility index (Phi) is 7.91. The molecule has 2 saturated heterocycles. The molecule has 0 bridgehead atoms. The number of carbonyl (C=O) groups excluding carboxylic acids is 1. The monoisotopic (exact) mass is 417 g/mol. The second kappa shape index (κ2) is 9.73. The van der Waals surface area contributed by atoms with E-state index in [-0.39, 0.29) is 29.1 Å². The predicted molar refractivity (Wildman–Crippen MR) is 106 cm³/mol. The van der Waals surface area contributed by atoms with Crippen LogP contribution in [0.3, 0.4) is 0 Å². The minimum atomic E-state index is -3.53. The van der Waals surface area contributed by atoms with Gasteiger partial charge in [0.05, 0.1) is 11.5 Å². The molecular formula is C18H28ClN3O4S. The number of piperidine rings is 1. The largest absolute Gasteiger partial charge is 0.494 e. The summed E-state index contributed by atoms with van der Waals surface area (Å²) >= 11 is 0. The van der Waals surface area contributed by atoms with Crippen LogP contribution >= 0.6 is 12.4 Å². The lowest BCUT2D eigenvalue weighted by molar-refractivity contribution is -0.126. The van der Waals surface area contributed by atoms with Gasteiger partial charge < -0.3 is 15.4 Å². The van der Waals surface area contributed by atoms with Crippen molar-refractivity contribution in [3.05, 3.63) is 24.3 Å². The highest BCUT2D eigenvalue weighted by Gasteiger charge is 2.32. The SMILES string of the molecule is CCOc1ccc(S(=O)(=O)N2CCC(C(=O)NCC3CNC3)CC2)cc1.Cl. The maximum atomic E-state index is 12.8. The van der Waals surface area contributed by atoms with Crippen LogP contribution < -0.4 is 15.4 Å². The van der Waals surface area contributed by atoms with Gasteiger partial charge in [-0.1, -0.05) is 0 Å². The highest BCUT2D eigenvalue weighted by molar-refractivity contribution is 7.89. The van der Waals surface area contributed by atoms with E-state index in [4.69, 9.17) is 4.74 Å². The van der Waals surface area contributed by atoms with Crippen LogP contribution in [-0.2, 0) is 14.8 Å². The van der Waals surface area contributed by atoms with Crippen molar-refractivity contribution in [2.24, 2.45) is 11.8 Å². The molecule has 0 atom stereocenters. The van der Waals surface area contributed by atoms with E-state index in [2.05, 4.69) is 10.6 Å². The van der Waals surface area contributed by atoms with E-state index in [0.29, 0.717) is 50.8 Å². The molecule has 0 spiro atoms. The molecule has 1 aromatic rings. The number of hydrogen-bond donors (Lipinski definition) is 2. The van der Waals surface area contributed by atoms with Gasteiger partial charge in [0.1, 0.15) is 5.75 Å². The lowest BCUT2D eigenvalue weighted by Crippen LogP contribution is -2.50. The van der Waals surface area contributed by atoms with Gasteiger partial charge in [0.25, 0.3) is 0 Å². The first-order valence-corrected chi connectivity index (χ1v) is 10.7. The van der Waals surface area contributed by atoms with Crippen molar-refractivity contribution in [3.63, 3.8) is 0 Å². The summed E-state index contributed by atoms with van der Waals surface area (Å²) in [7, 11) is -3.53. The molecule has 152 valence electrons. The molecule has 0 aromatic heterocycles. The summed E-state index contributed by atoms with van der Waals surface area (Å²) in [6, 6.07) is 6.50. The van der Waals surface area contributed by atoms with Crippen molar-refractivity contribution in [3.8, 4) is 5.75 Å². The third-order valence-electron chi connectivity index (χ3n) is 5.03. The summed E-state index contributed by atoms with van der Waals surface area (Å²) in [4.78, 5) is 12.5. The smallest absolute Gasteiger partial charge is 0.243 e. The van der Waals surface area contributed by atoms with E-state index >= 15 is 0 Å². The zero-order valence-corrected chi connectivity index (χ0v) is 17.2. The van der Waals surface area contributed by atoms with Crippen molar-refractivity contribution in [2.45, 2.75) is 24.7 Å². The zero-order valence-electron chi connectivity index (χ0n) is 15.5. The number of amides is 1. The van der Waals surface area contributed by atoms with Gasteiger partial charge in [-0.05, 0) is 44.0 Å². The van der Waals surface area contributed by atoms with Gasteiger partial charge in [0, 0.05) is 44.6 Å². The fourth-order valence-corrected chi connectivity index (χ4v) is 4.73. The van der Waals surface area contributed by atoms with Crippen molar-refractivity contribution in [1.29, 1.82) is 0 Å². The molecule has 0 saturated carbocycles. The zero-order chi connectivity index (χ0) is 18.6. The summed E-state index contributed by atoms with van der Waals surface area (Å²) in [5, 5.41) is 6.18. The van der Waals surface area contributed by atoms with Crippen LogP contribution in [0.15, 0.2) is 29.2 Å². The molecule has 7 nitrogen and oxygen atoms in total. The second-order valence-corrected chi connectivity index (χ2v) is 8.79. The number of nitrogens with zero attached hydrogens (tertiary/aromatic N) is 1. The van der Waals surface area contributed by atoms with Gasteiger partial charge in [0.2, 0.25) is 15.9 Å². The number of halogens is 1. The molecule has 2 N–H and O–H groups in total. The molecule has 9 heteroatoms. The van der Waals surface area contributed by atoms with Gasteiger partial charge in [-0.3, -0.25) is 4.79 Å². The Morgan fingerprint density at radius 3 is 2.37 bits per heavy atom. The average Bonchev–Trinajstić information content (AvgIpc) is 2.61. The second-order valence-electron chi connectivity index (χ2n) is 6.85. The standard InChI is InChI=1S/C18H27N3O4S.ClH/c1-2-25-16-3-5-17(6-4-16)26(23,24)21-9-7-15(8-10-21)18(22)20-13-14-11-19-12-14;/h3-6,14-15,19H,2,7-13H2,1H3,(H,20,22);1H. The third-order valence-corrected chi connectivity index (χ3v) is 6.94. The first-order chi connectivity index (χ1) is 12.5. The summed E-state index contributed by atoms with van der Waals surface area (Å²) < 4.78 is 32.4. The molecule has 27 heavy (non-hydrogen) atoms. The predicted octanol–water partition coefficient (Wildman–Crippen LogP) is 1.24. The van der Waals surface area contributed by atoms with E-state index in [0.717, 1.165) is 13.1 Å². The van der Waals surface area contributed by atoms with Crippen molar-refractivity contribution < 1.29 is 17.9 Å². The maximum absolute atomic E-state index is 12.8. The first kappa shape index (κ1) is 21.9. The van der Waals surface area contributed by atoms with E-state index < -0.39 is 10.0 Å². The highest BCUT2D eigenvalue weighted by atomic mass is 35.5. The topological polar surface area (TPSA) is 87.7 Å². The number of rotatable bonds is 7. The highest BCUT2D eigenvalue weighted by Crippen LogP contribution is 2.25. The quantitative estimate of drug-likeness (QED) is 0.697. The van der Waals surface area contributed by atoms with Gasteiger partial charge in [0.15, 0.2) is 0 Å². The molecule has 2 aliphatic rings. The minimum Gasteiger partial charge on any atom is -0.494 e. The molecule has 2 aliphatic heterocycles. The third kappa shape index (κ3) is 5.34. The molecule has 3 rings (SSSR count). The Hall–Kier alpha value is -1.35. The number of ether oxygens (including phenoxy) is 1. The van der Waals surface area contributed by atoms with Gasteiger partial charge >= 0.3 is 0 Å². The molecule has 2 fully saturated rings. The number of nitrogens with one attached hydrogen (secondary N) is 2. The fraction of sp³-hybridized carbons (Fsp3) is 0.611. The molecule has 0 radical (unpaired) electrons. The Morgan fingerprint density at radius 2 is 1.85 bits per heavy atom. The van der Waals surface area contributed by atoms with Crippen LogP contribution in [0, 0.1) is 11.8 Å². The number of benzene rings is 1. The van der Waals surface area contributed by atoms with Gasteiger partial charge in [-0.25, -0.2) is 8.42 Å². The molecule has 0 aliphatic carbocycles. The van der Waals surface area contributed by atoms with E-state index in [9.17, 15) is 13.2 Å². The molecule has 1 aromatic carbocycles. The fourth-order valence-electron chi connectivity index (χ4n) is 3.26. The first-order valence-electron chi connectivity index (χ1n) is 9.22. The minimum absolute atomic E-state index is 0. The molecule has 0 unspecified atom stereocenters. The van der Waals surface area contributed by atoms with Crippen molar-refractivity contribution >= 4 is 28.3 Å². The van der Waals surface area contributed by atoms with E-state index in [1.54, 1.807) is 24.3 Å². The molecule has 2 heterocycles. The van der Waals surface area contributed by atoms with E-state index in [1.165, 1.54) is 4.31 Å². The summed E-state index contributed by atoms with van der Waals surface area (Å²) in [6.07, 6.45) is 1.12. The Morgan fingerprint density at radius 1 is 1.22 bits per heavy atom. The average molecular weight is 418 g/mol. The lowest BCUT2D eigenvalue weighted by Gasteiger charge is -2.32. The molecular weight excluding hydrogens is 390 g/mol. The normalized spacial score (nSPS) is 19.0. The van der Waals surface area contributed by atoms with Crippen molar-refractivity contribution in [2.75, 3.05) is 39.3 Å². The van der Waals surface area contributed by atoms with Gasteiger partial charge in [-0.2, -0.15) is 4.31 Å². The summed E-state index contributed by atoms with van der Waals surface area (Å²) in [5.41, 5.74) is 0. The number of hydrogen-bond acceptors (Lipinski definition) is 5. The Labute approximate surface area is 167 Å². The van der Waals surface area contributed by atoms with Crippen LogP contribution in [0.5, 0.6) is 5.75 Å². The maximum Gasteiger partial charge on any atom is 0.243 e. The molecule has 1 amide bonds. The number of carbonyl (C=O) groups is 1. The van der Waals surface area contributed by atoms with Crippen LogP contribution in [0.1, 0.15) is 19.8 Å².